The molecule has 0 bridgehead atoms. The molecule has 1 saturated heterocycles. The highest BCUT2D eigenvalue weighted by Crippen LogP contribution is 2.28. The van der Waals surface area contributed by atoms with E-state index >= 15 is 0 Å². The Bertz CT molecular complexity index is 437. The number of carbonyl (C=O) groups is 1. The minimum Gasteiger partial charge on any atom is -0.462 e. The van der Waals surface area contributed by atoms with Crippen LogP contribution in [-0.2, 0) is 4.74 Å². The molecule has 21 heavy (non-hydrogen) atoms. The van der Waals surface area contributed by atoms with Crippen molar-refractivity contribution in [1.82, 2.24) is 4.90 Å². The van der Waals surface area contributed by atoms with E-state index in [2.05, 4.69) is 17.0 Å². The lowest BCUT2D eigenvalue weighted by atomic mass is 9.89. The molecule has 1 aromatic carbocycles. The maximum absolute atomic E-state index is 11.6. The average Bonchev–Trinajstić information content (AvgIpc) is 2.54. The van der Waals surface area contributed by atoms with E-state index in [1.807, 2.05) is 19.1 Å². The molecule has 1 aliphatic rings. The average molecular weight is 290 g/mol. The summed E-state index contributed by atoms with van der Waals surface area (Å²) < 4.78 is 5.01. The molecular formula is C17H26N2O2. The third kappa shape index (κ3) is 4.55. The predicted molar refractivity (Wildman–Crippen MR) is 84.5 cm³/mol. The highest BCUT2D eigenvalue weighted by molar-refractivity contribution is 5.89. The number of hydrogen-bond donors (Lipinski definition) is 1. The van der Waals surface area contributed by atoms with Crippen molar-refractivity contribution in [3.63, 3.8) is 0 Å². The zero-order chi connectivity index (χ0) is 15.1. The molecule has 0 atom stereocenters. The second kappa shape index (κ2) is 8.15. The van der Waals surface area contributed by atoms with Crippen molar-refractivity contribution in [3.05, 3.63) is 35.4 Å². The van der Waals surface area contributed by atoms with Crippen LogP contribution >= 0.6 is 0 Å². The smallest absolute Gasteiger partial charge is 0.338 e. The fourth-order valence-electron chi connectivity index (χ4n) is 2.91. The highest BCUT2D eigenvalue weighted by Gasteiger charge is 2.20. The van der Waals surface area contributed by atoms with Gasteiger partial charge in [0.2, 0.25) is 0 Å². The number of likely N-dealkylation sites (tertiary alicyclic amines) is 1. The minimum absolute atomic E-state index is 0.236. The first kappa shape index (κ1) is 16.0. The Balaban J connectivity index is 1.87. The Labute approximate surface area is 127 Å². The predicted octanol–water partition coefficient (Wildman–Crippen LogP) is 2.39. The number of hydrogen-bond acceptors (Lipinski definition) is 4. The van der Waals surface area contributed by atoms with Gasteiger partial charge in [-0.25, -0.2) is 4.79 Å². The third-order valence-electron chi connectivity index (χ3n) is 4.16. The molecule has 4 nitrogen and oxygen atoms in total. The second-order valence-electron chi connectivity index (χ2n) is 5.60. The van der Waals surface area contributed by atoms with E-state index in [-0.39, 0.29) is 5.97 Å². The first-order chi connectivity index (χ1) is 10.2. The number of esters is 1. The van der Waals surface area contributed by atoms with Gasteiger partial charge in [0.1, 0.15) is 0 Å². The Kier molecular flexibility index (Phi) is 6.21. The van der Waals surface area contributed by atoms with Gasteiger partial charge >= 0.3 is 5.97 Å². The van der Waals surface area contributed by atoms with E-state index in [0.717, 1.165) is 32.6 Å². The molecule has 0 spiro atoms. The Morgan fingerprint density at radius 2 is 1.95 bits per heavy atom. The van der Waals surface area contributed by atoms with E-state index in [9.17, 15) is 4.79 Å². The lowest BCUT2D eigenvalue weighted by Gasteiger charge is -2.32. The summed E-state index contributed by atoms with van der Waals surface area (Å²) in [6, 6.07) is 7.92. The number of rotatable bonds is 6. The van der Waals surface area contributed by atoms with Crippen LogP contribution in [0.15, 0.2) is 24.3 Å². The van der Waals surface area contributed by atoms with Crippen LogP contribution in [-0.4, -0.2) is 43.7 Å². The van der Waals surface area contributed by atoms with Gasteiger partial charge in [-0.05, 0) is 76.0 Å². The SMILES string of the molecule is CCOC(=O)c1ccc(C2CCN(CCCN)CC2)cc1. The van der Waals surface area contributed by atoms with Gasteiger partial charge in [-0.15, -0.1) is 0 Å². The molecule has 2 N–H and O–H groups in total. The van der Waals surface area contributed by atoms with Crippen molar-refractivity contribution in [3.8, 4) is 0 Å². The summed E-state index contributed by atoms with van der Waals surface area (Å²) in [5, 5.41) is 0. The molecule has 1 aromatic rings. The van der Waals surface area contributed by atoms with Crippen molar-refractivity contribution < 1.29 is 9.53 Å². The summed E-state index contributed by atoms with van der Waals surface area (Å²) in [5.41, 5.74) is 7.53. The molecule has 1 aliphatic heterocycles. The lowest BCUT2D eigenvalue weighted by Crippen LogP contribution is -2.34. The maximum atomic E-state index is 11.6. The van der Waals surface area contributed by atoms with Crippen LogP contribution in [0.5, 0.6) is 0 Å². The van der Waals surface area contributed by atoms with Gasteiger partial charge in [-0.2, -0.15) is 0 Å². The van der Waals surface area contributed by atoms with E-state index in [1.165, 1.54) is 18.4 Å². The van der Waals surface area contributed by atoms with Gasteiger partial charge in [0, 0.05) is 0 Å². The third-order valence-corrected chi connectivity index (χ3v) is 4.16. The fourth-order valence-corrected chi connectivity index (χ4v) is 2.91. The Morgan fingerprint density at radius 3 is 2.52 bits per heavy atom. The maximum Gasteiger partial charge on any atom is 0.338 e. The first-order valence-corrected chi connectivity index (χ1v) is 7.94. The van der Waals surface area contributed by atoms with E-state index in [4.69, 9.17) is 10.5 Å². The number of nitrogens with zero attached hydrogens (tertiary/aromatic N) is 1. The molecule has 0 radical (unpaired) electrons. The van der Waals surface area contributed by atoms with Gasteiger partial charge in [0.05, 0.1) is 12.2 Å². The second-order valence-corrected chi connectivity index (χ2v) is 5.60. The van der Waals surface area contributed by atoms with Crippen molar-refractivity contribution in [2.75, 3.05) is 32.8 Å². The summed E-state index contributed by atoms with van der Waals surface area (Å²) >= 11 is 0. The van der Waals surface area contributed by atoms with Crippen molar-refractivity contribution in [1.29, 1.82) is 0 Å². The van der Waals surface area contributed by atoms with Crippen molar-refractivity contribution in [2.45, 2.75) is 32.1 Å². The largest absolute Gasteiger partial charge is 0.462 e. The summed E-state index contributed by atoms with van der Waals surface area (Å²) in [4.78, 5) is 14.1. The quantitative estimate of drug-likeness (QED) is 0.817. The molecule has 2 rings (SSSR count). The van der Waals surface area contributed by atoms with Crippen LogP contribution in [0.25, 0.3) is 0 Å². The van der Waals surface area contributed by atoms with Crippen LogP contribution < -0.4 is 5.73 Å². The number of carbonyl (C=O) groups excluding carboxylic acids is 1. The monoisotopic (exact) mass is 290 g/mol. The van der Waals surface area contributed by atoms with Crippen LogP contribution in [0.1, 0.15) is 48.0 Å². The van der Waals surface area contributed by atoms with Crippen LogP contribution in [0.4, 0.5) is 0 Å². The molecule has 1 fully saturated rings. The lowest BCUT2D eigenvalue weighted by molar-refractivity contribution is 0.0526. The van der Waals surface area contributed by atoms with Crippen LogP contribution in [0.2, 0.25) is 0 Å². The van der Waals surface area contributed by atoms with Crippen molar-refractivity contribution in [2.24, 2.45) is 5.73 Å². The molecule has 4 heteroatoms. The highest BCUT2D eigenvalue weighted by atomic mass is 16.5. The Hall–Kier alpha value is -1.39. The number of benzene rings is 1. The molecule has 0 amide bonds. The molecule has 116 valence electrons. The van der Waals surface area contributed by atoms with Gasteiger partial charge in [-0.3, -0.25) is 0 Å². The fraction of sp³-hybridized carbons (Fsp3) is 0.588. The standard InChI is InChI=1S/C17H26N2O2/c1-2-21-17(20)16-6-4-14(5-7-16)15-8-12-19(13-9-15)11-3-10-18/h4-7,15H,2-3,8-13,18H2,1H3. The summed E-state index contributed by atoms with van der Waals surface area (Å²) in [5.74, 6) is 0.371. The molecule has 1 heterocycles. The number of nitrogens with two attached hydrogens (primary N) is 1. The Morgan fingerprint density at radius 1 is 1.29 bits per heavy atom. The molecule has 0 aliphatic carbocycles. The molecular weight excluding hydrogens is 264 g/mol. The molecule has 0 aromatic heterocycles. The first-order valence-electron chi connectivity index (χ1n) is 7.94. The minimum atomic E-state index is -0.236. The summed E-state index contributed by atoms with van der Waals surface area (Å²) in [6.07, 6.45) is 3.45. The van der Waals surface area contributed by atoms with Crippen molar-refractivity contribution >= 4 is 5.97 Å². The van der Waals surface area contributed by atoms with E-state index in [0.29, 0.717) is 18.1 Å². The van der Waals surface area contributed by atoms with E-state index < -0.39 is 0 Å². The number of piperidine rings is 1. The van der Waals surface area contributed by atoms with Crippen LogP contribution in [0, 0.1) is 0 Å². The van der Waals surface area contributed by atoms with Gasteiger partial charge in [0.15, 0.2) is 0 Å². The summed E-state index contributed by atoms with van der Waals surface area (Å²) in [6.45, 7) is 6.42. The summed E-state index contributed by atoms with van der Waals surface area (Å²) in [7, 11) is 0. The number of ether oxygens (including phenoxy) is 1. The van der Waals surface area contributed by atoms with Gasteiger partial charge in [-0.1, -0.05) is 12.1 Å². The topological polar surface area (TPSA) is 55.6 Å². The normalized spacial score (nSPS) is 16.9. The van der Waals surface area contributed by atoms with Gasteiger partial charge < -0.3 is 15.4 Å². The van der Waals surface area contributed by atoms with E-state index in [1.54, 1.807) is 0 Å². The van der Waals surface area contributed by atoms with Gasteiger partial charge in [0.25, 0.3) is 0 Å². The molecule has 0 unspecified atom stereocenters. The zero-order valence-corrected chi connectivity index (χ0v) is 12.9. The van der Waals surface area contributed by atoms with Crippen LogP contribution in [0.3, 0.4) is 0 Å². The zero-order valence-electron chi connectivity index (χ0n) is 12.9. The molecule has 0 saturated carbocycles.